The molecule has 49 heavy (non-hydrogen) atoms. The van der Waals surface area contributed by atoms with Crippen LogP contribution in [0.5, 0.6) is 5.75 Å². The fourth-order valence-electron chi connectivity index (χ4n) is 5.29. The summed E-state index contributed by atoms with van der Waals surface area (Å²) in [7, 11) is 0. The van der Waals surface area contributed by atoms with Gasteiger partial charge in [-0.2, -0.15) is 15.0 Å². The predicted octanol–water partition coefficient (Wildman–Crippen LogP) is 5.25. The zero-order chi connectivity index (χ0) is 34.1. The van der Waals surface area contributed by atoms with Crippen LogP contribution in [0.1, 0.15) is 52.8 Å². The highest BCUT2D eigenvalue weighted by Gasteiger charge is 2.15. The summed E-state index contributed by atoms with van der Waals surface area (Å²) in [5.74, 6) is 1.41. The Morgan fingerprint density at radius 1 is 0.633 bits per heavy atom. The Bertz CT molecular complexity index is 1600. The zero-order valence-corrected chi connectivity index (χ0v) is 27.5. The van der Waals surface area contributed by atoms with Crippen LogP contribution in [0.25, 0.3) is 0 Å². The van der Waals surface area contributed by atoms with E-state index in [2.05, 4.69) is 41.5 Å². The van der Waals surface area contributed by atoms with E-state index in [0.29, 0.717) is 86.4 Å². The molecule has 0 radical (unpaired) electrons. The molecule has 0 unspecified atom stereocenters. The fraction of sp³-hybridized carbons (Fsp3) is 0.361. The number of ether oxygens (including phenoxy) is 2. The van der Waals surface area contributed by atoms with Gasteiger partial charge in [0.15, 0.2) is 0 Å². The molecular weight excluding hydrogens is 624 g/mol. The van der Waals surface area contributed by atoms with Gasteiger partial charge in [-0.25, -0.2) is 0 Å². The third-order valence-corrected chi connectivity index (χ3v) is 7.91. The van der Waals surface area contributed by atoms with Crippen molar-refractivity contribution >= 4 is 41.0 Å². The number of benzene rings is 3. The number of carbonyl (C=O) groups excluding carboxylic acids is 2. The number of amides is 2. The van der Waals surface area contributed by atoms with Gasteiger partial charge in [0, 0.05) is 42.1 Å². The number of hydrogen-bond donors (Lipinski definition) is 6. The lowest BCUT2D eigenvalue weighted by atomic mass is 9.89. The standard InChI is InChI=1S/C36H44N8O5/c45-31-17-15-30(16-18-31)41-36-43-34(38-20-22-49-24-23-48-21-19-37-32(46)27-9-5-2-6-10-27)42-35(44-36)40-29-13-11-28(12-14-29)33(47)39-25-26-7-3-1-4-8-26/h2,5-6,9-18,26,45H,1,3-4,7-8,19-25H2,(H,37,46)(H,39,47)(H3,38,40,41,42,43,44). The molecule has 1 saturated carbocycles. The summed E-state index contributed by atoms with van der Waals surface area (Å²) in [6.45, 7) is 3.10. The van der Waals surface area contributed by atoms with Crippen LogP contribution in [0, 0.1) is 5.92 Å². The van der Waals surface area contributed by atoms with Crippen LogP contribution in [0.4, 0.5) is 29.2 Å². The van der Waals surface area contributed by atoms with E-state index in [-0.39, 0.29) is 23.5 Å². The molecule has 258 valence electrons. The van der Waals surface area contributed by atoms with Gasteiger partial charge in [0.25, 0.3) is 11.8 Å². The summed E-state index contributed by atoms with van der Waals surface area (Å²) in [5, 5.41) is 25.0. The minimum atomic E-state index is -0.133. The van der Waals surface area contributed by atoms with E-state index < -0.39 is 0 Å². The van der Waals surface area contributed by atoms with Gasteiger partial charge in [-0.3, -0.25) is 9.59 Å². The van der Waals surface area contributed by atoms with Crippen LogP contribution in [-0.2, 0) is 9.47 Å². The number of nitrogens with zero attached hydrogens (tertiary/aromatic N) is 3. The van der Waals surface area contributed by atoms with Gasteiger partial charge < -0.3 is 41.2 Å². The largest absolute Gasteiger partial charge is 0.508 e. The molecular formula is C36H44N8O5. The SMILES string of the molecule is O=C(NCCOCCOCCNc1nc(Nc2ccc(O)cc2)nc(Nc2ccc(C(=O)NCC3CCCCC3)cc2)n1)c1ccccc1. The third kappa shape index (κ3) is 12.0. The van der Waals surface area contributed by atoms with Crippen molar-refractivity contribution in [3.05, 3.63) is 90.0 Å². The monoisotopic (exact) mass is 668 g/mol. The molecule has 0 spiro atoms. The highest BCUT2D eigenvalue weighted by molar-refractivity contribution is 5.94. The second-order valence-corrected chi connectivity index (χ2v) is 11.7. The molecule has 5 rings (SSSR count). The number of carbonyl (C=O) groups is 2. The first kappa shape index (κ1) is 35.0. The Labute approximate surface area is 286 Å². The number of hydrogen-bond acceptors (Lipinski definition) is 11. The van der Waals surface area contributed by atoms with Crippen molar-refractivity contribution in [2.24, 2.45) is 5.92 Å². The van der Waals surface area contributed by atoms with Gasteiger partial charge in [-0.15, -0.1) is 0 Å². The lowest BCUT2D eigenvalue weighted by molar-refractivity contribution is 0.0519. The molecule has 13 nitrogen and oxygen atoms in total. The van der Waals surface area contributed by atoms with Crippen LogP contribution in [0.15, 0.2) is 78.9 Å². The minimum Gasteiger partial charge on any atom is -0.508 e. The highest BCUT2D eigenvalue weighted by atomic mass is 16.5. The summed E-state index contributed by atoms with van der Waals surface area (Å²) in [5.41, 5.74) is 2.60. The van der Waals surface area contributed by atoms with Gasteiger partial charge in [-0.1, -0.05) is 37.5 Å². The van der Waals surface area contributed by atoms with E-state index in [1.54, 1.807) is 48.5 Å². The van der Waals surface area contributed by atoms with Crippen molar-refractivity contribution in [3.8, 4) is 5.75 Å². The van der Waals surface area contributed by atoms with Crippen molar-refractivity contribution in [3.63, 3.8) is 0 Å². The first-order valence-corrected chi connectivity index (χ1v) is 16.7. The Balaban J connectivity index is 1.08. The summed E-state index contributed by atoms with van der Waals surface area (Å²) >= 11 is 0. The summed E-state index contributed by atoms with van der Waals surface area (Å²) in [4.78, 5) is 38.3. The number of aromatic nitrogens is 3. The molecule has 0 saturated heterocycles. The van der Waals surface area contributed by atoms with E-state index >= 15 is 0 Å². The minimum absolute atomic E-state index is 0.0785. The Morgan fingerprint density at radius 3 is 1.84 bits per heavy atom. The number of rotatable bonds is 18. The molecule has 0 bridgehead atoms. The van der Waals surface area contributed by atoms with Gasteiger partial charge in [-0.05, 0) is 79.4 Å². The lowest BCUT2D eigenvalue weighted by Crippen LogP contribution is -2.30. The van der Waals surface area contributed by atoms with Crippen LogP contribution in [0.3, 0.4) is 0 Å². The van der Waals surface area contributed by atoms with Crippen LogP contribution in [0.2, 0.25) is 0 Å². The first-order chi connectivity index (χ1) is 24.0. The number of nitrogens with one attached hydrogen (secondary N) is 5. The normalized spacial score (nSPS) is 13.0. The maximum Gasteiger partial charge on any atom is 0.251 e. The molecule has 2 amide bonds. The average molecular weight is 669 g/mol. The lowest BCUT2D eigenvalue weighted by Gasteiger charge is -2.21. The fourth-order valence-corrected chi connectivity index (χ4v) is 5.29. The van der Waals surface area contributed by atoms with E-state index in [9.17, 15) is 14.7 Å². The topological polar surface area (TPSA) is 172 Å². The van der Waals surface area contributed by atoms with Gasteiger partial charge >= 0.3 is 0 Å². The zero-order valence-electron chi connectivity index (χ0n) is 27.5. The molecule has 1 fully saturated rings. The number of phenols is 1. The number of phenolic OH excluding ortho intramolecular Hbond substituents is 1. The number of anilines is 5. The van der Waals surface area contributed by atoms with Crippen LogP contribution >= 0.6 is 0 Å². The summed E-state index contributed by atoms with van der Waals surface area (Å²) in [6, 6.07) is 22.8. The Kier molecular flexibility index (Phi) is 13.5. The second kappa shape index (κ2) is 18.9. The summed E-state index contributed by atoms with van der Waals surface area (Å²) in [6.07, 6.45) is 6.13. The van der Waals surface area contributed by atoms with Crippen molar-refractivity contribution in [1.29, 1.82) is 0 Å². The molecule has 1 aliphatic carbocycles. The quantitative estimate of drug-likeness (QED) is 0.0604. The van der Waals surface area contributed by atoms with Gasteiger partial charge in [0.1, 0.15) is 5.75 Å². The highest BCUT2D eigenvalue weighted by Crippen LogP contribution is 2.23. The molecule has 3 aromatic carbocycles. The van der Waals surface area contributed by atoms with Crippen LogP contribution < -0.4 is 26.6 Å². The summed E-state index contributed by atoms with van der Waals surface area (Å²) < 4.78 is 11.2. The molecule has 1 aromatic heterocycles. The van der Waals surface area contributed by atoms with E-state index in [1.807, 2.05) is 30.3 Å². The van der Waals surface area contributed by atoms with Gasteiger partial charge in [0.05, 0.1) is 26.4 Å². The van der Waals surface area contributed by atoms with Crippen molar-refractivity contribution in [1.82, 2.24) is 25.6 Å². The van der Waals surface area contributed by atoms with Crippen molar-refractivity contribution < 1.29 is 24.2 Å². The maximum atomic E-state index is 12.7. The Hall–Kier alpha value is -5.27. The molecule has 6 N–H and O–H groups in total. The van der Waals surface area contributed by atoms with Crippen molar-refractivity contribution in [2.45, 2.75) is 32.1 Å². The first-order valence-electron chi connectivity index (χ1n) is 16.7. The average Bonchev–Trinajstić information content (AvgIpc) is 3.13. The molecule has 0 atom stereocenters. The maximum absolute atomic E-state index is 12.7. The molecule has 1 aliphatic rings. The molecule has 4 aromatic rings. The predicted molar refractivity (Wildman–Crippen MR) is 189 cm³/mol. The Morgan fingerprint density at radius 2 is 1.18 bits per heavy atom. The van der Waals surface area contributed by atoms with Crippen LogP contribution in [-0.4, -0.2) is 77.9 Å². The van der Waals surface area contributed by atoms with E-state index in [1.165, 1.54) is 32.1 Å². The van der Waals surface area contributed by atoms with E-state index in [0.717, 1.165) is 0 Å². The molecule has 0 aliphatic heterocycles. The van der Waals surface area contributed by atoms with Crippen molar-refractivity contribution in [2.75, 3.05) is 62.0 Å². The number of aromatic hydroxyl groups is 1. The molecule has 1 heterocycles. The third-order valence-electron chi connectivity index (χ3n) is 7.91. The van der Waals surface area contributed by atoms with E-state index in [4.69, 9.17) is 9.47 Å². The second-order valence-electron chi connectivity index (χ2n) is 11.7. The van der Waals surface area contributed by atoms with Gasteiger partial charge in [0.2, 0.25) is 17.8 Å². The molecule has 13 heteroatoms. The smallest absolute Gasteiger partial charge is 0.251 e.